The molecule has 0 amide bonds. The molecular formula is C14H8Cl2N4. The molecule has 0 bridgehead atoms. The van der Waals surface area contributed by atoms with Crippen molar-refractivity contribution in [3.05, 3.63) is 59.4 Å². The van der Waals surface area contributed by atoms with Gasteiger partial charge >= 0.3 is 0 Å². The van der Waals surface area contributed by atoms with Crippen molar-refractivity contribution >= 4 is 23.2 Å². The van der Waals surface area contributed by atoms with E-state index in [-0.39, 0.29) is 10.6 Å². The predicted molar refractivity (Wildman–Crippen MR) is 78.5 cm³/mol. The molecule has 0 N–H and O–H groups in total. The molecule has 3 aromatic rings. The Labute approximate surface area is 125 Å². The third kappa shape index (κ3) is 2.76. The molecule has 0 unspecified atom stereocenters. The van der Waals surface area contributed by atoms with Gasteiger partial charge in [-0.15, -0.1) is 0 Å². The minimum absolute atomic E-state index is 0.0817. The third-order valence-electron chi connectivity index (χ3n) is 2.74. The van der Waals surface area contributed by atoms with E-state index in [4.69, 9.17) is 23.2 Å². The fourth-order valence-electron chi connectivity index (χ4n) is 1.81. The van der Waals surface area contributed by atoms with Gasteiger partial charge in [0.25, 0.3) is 0 Å². The lowest BCUT2D eigenvalue weighted by Gasteiger charge is -2.04. The summed E-state index contributed by atoms with van der Waals surface area (Å²) in [5, 5.41) is 0.163. The number of nitrogens with zero attached hydrogens (tertiary/aromatic N) is 4. The van der Waals surface area contributed by atoms with Crippen molar-refractivity contribution in [3.63, 3.8) is 0 Å². The molecule has 0 aliphatic carbocycles. The van der Waals surface area contributed by atoms with Crippen LogP contribution in [0.1, 0.15) is 0 Å². The minimum atomic E-state index is 0.0817. The second kappa shape index (κ2) is 5.53. The molecule has 0 aliphatic heterocycles. The molecule has 2 heterocycles. The van der Waals surface area contributed by atoms with Crippen LogP contribution in [0.4, 0.5) is 0 Å². The highest BCUT2D eigenvalue weighted by Gasteiger charge is 2.06. The molecule has 0 radical (unpaired) electrons. The molecule has 0 atom stereocenters. The highest BCUT2D eigenvalue weighted by Crippen LogP contribution is 2.23. The van der Waals surface area contributed by atoms with Crippen LogP contribution in [0.5, 0.6) is 0 Å². The van der Waals surface area contributed by atoms with E-state index in [1.54, 1.807) is 12.4 Å². The largest absolute Gasteiger partial charge is 0.265 e. The van der Waals surface area contributed by atoms with Crippen LogP contribution in [0.2, 0.25) is 10.6 Å². The molecule has 0 aliphatic rings. The highest BCUT2D eigenvalue weighted by atomic mass is 35.5. The van der Waals surface area contributed by atoms with Gasteiger partial charge < -0.3 is 0 Å². The topological polar surface area (TPSA) is 51.6 Å². The molecule has 3 rings (SSSR count). The van der Waals surface area contributed by atoms with Gasteiger partial charge in [0.1, 0.15) is 0 Å². The quantitative estimate of drug-likeness (QED) is 0.720. The van der Waals surface area contributed by atoms with E-state index in [0.717, 1.165) is 16.7 Å². The van der Waals surface area contributed by atoms with Crippen LogP contribution in [0.15, 0.2) is 48.8 Å². The average Bonchev–Trinajstić information content (AvgIpc) is 2.47. The van der Waals surface area contributed by atoms with Crippen LogP contribution in [-0.4, -0.2) is 19.9 Å². The first-order chi connectivity index (χ1) is 9.72. The van der Waals surface area contributed by atoms with Crippen molar-refractivity contribution in [2.45, 2.75) is 0 Å². The van der Waals surface area contributed by atoms with Gasteiger partial charge in [0.05, 0.1) is 0 Å². The van der Waals surface area contributed by atoms with Gasteiger partial charge in [0.2, 0.25) is 10.6 Å². The molecule has 0 fully saturated rings. The lowest BCUT2D eigenvalue weighted by Crippen LogP contribution is -1.93. The van der Waals surface area contributed by atoms with Crippen molar-refractivity contribution in [1.29, 1.82) is 0 Å². The lowest BCUT2D eigenvalue weighted by atomic mass is 10.1. The minimum Gasteiger partial charge on any atom is -0.265 e. The lowest BCUT2D eigenvalue weighted by molar-refractivity contribution is 1.06. The van der Waals surface area contributed by atoms with Gasteiger partial charge in [0, 0.05) is 18.0 Å². The van der Waals surface area contributed by atoms with Crippen LogP contribution in [-0.2, 0) is 0 Å². The molecule has 98 valence electrons. The maximum absolute atomic E-state index is 5.77. The summed E-state index contributed by atoms with van der Waals surface area (Å²) in [6.07, 6.45) is 3.52. The zero-order chi connectivity index (χ0) is 13.9. The fourth-order valence-corrected chi connectivity index (χ4v) is 2.17. The first-order valence-electron chi connectivity index (χ1n) is 5.80. The number of rotatable bonds is 2. The number of pyridine rings is 1. The van der Waals surface area contributed by atoms with Gasteiger partial charge in [0.15, 0.2) is 5.82 Å². The molecule has 0 spiro atoms. The van der Waals surface area contributed by atoms with Crippen LogP contribution in [0, 0.1) is 0 Å². The molecule has 6 heteroatoms. The summed E-state index contributed by atoms with van der Waals surface area (Å²) in [6, 6.07) is 11.7. The molecule has 0 saturated carbocycles. The first-order valence-corrected chi connectivity index (χ1v) is 6.56. The van der Waals surface area contributed by atoms with Gasteiger partial charge in [-0.1, -0.05) is 24.3 Å². The normalized spacial score (nSPS) is 10.5. The Morgan fingerprint density at radius 1 is 0.600 bits per heavy atom. The van der Waals surface area contributed by atoms with Crippen LogP contribution in [0.25, 0.3) is 22.5 Å². The van der Waals surface area contributed by atoms with E-state index in [1.165, 1.54) is 0 Å². The number of hydrogen-bond acceptors (Lipinski definition) is 4. The average molecular weight is 303 g/mol. The molecule has 2 aromatic heterocycles. The van der Waals surface area contributed by atoms with Crippen LogP contribution < -0.4 is 0 Å². The van der Waals surface area contributed by atoms with E-state index in [9.17, 15) is 0 Å². The summed E-state index contributed by atoms with van der Waals surface area (Å²) < 4.78 is 0. The van der Waals surface area contributed by atoms with E-state index >= 15 is 0 Å². The summed E-state index contributed by atoms with van der Waals surface area (Å²) >= 11 is 11.5. The maximum Gasteiger partial charge on any atom is 0.227 e. The maximum atomic E-state index is 5.77. The molecule has 1 aromatic carbocycles. The molecule has 0 saturated heterocycles. The third-order valence-corrected chi connectivity index (χ3v) is 3.08. The Kier molecular flexibility index (Phi) is 3.58. The number of hydrogen-bond donors (Lipinski definition) is 0. The summed E-state index contributed by atoms with van der Waals surface area (Å²) in [4.78, 5) is 15.8. The van der Waals surface area contributed by atoms with Gasteiger partial charge in [-0.05, 0) is 46.5 Å². The summed E-state index contributed by atoms with van der Waals surface area (Å²) in [6.45, 7) is 0. The SMILES string of the molecule is Clc1nc(Cl)nc(-c2ccc(-c3ccncc3)cc2)n1. The summed E-state index contributed by atoms with van der Waals surface area (Å²) in [5.74, 6) is 0.455. The van der Waals surface area contributed by atoms with Crippen molar-refractivity contribution in [2.75, 3.05) is 0 Å². The Hall–Kier alpha value is -2.04. The monoisotopic (exact) mass is 302 g/mol. The van der Waals surface area contributed by atoms with E-state index < -0.39 is 0 Å². The second-order valence-electron chi connectivity index (χ2n) is 4.01. The molecule has 4 nitrogen and oxygen atoms in total. The fraction of sp³-hybridized carbons (Fsp3) is 0. The second-order valence-corrected chi connectivity index (χ2v) is 4.69. The Morgan fingerprint density at radius 3 is 1.70 bits per heavy atom. The van der Waals surface area contributed by atoms with Crippen LogP contribution in [0.3, 0.4) is 0 Å². The van der Waals surface area contributed by atoms with Crippen molar-refractivity contribution in [3.8, 4) is 22.5 Å². The Bertz CT molecular complexity index is 710. The Morgan fingerprint density at radius 2 is 1.10 bits per heavy atom. The van der Waals surface area contributed by atoms with Crippen molar-refractivity contribution < 1.29 is 0 Å². The summed E-state index contributed by atoms with van der Waals surface area (Å²) in [5.41, 5.74) is 3.01. The van der Waals surface area contributed by atoms with Gasteiger partial charge in [-0.25, -0.2) is 0 Å². The van der Waals surface area contributed by atoms with Gasteiger partial charge in [-0.3, -0.25) is 4.98 Å². The highest BCUT2D eigenvalue weighted by molar-refractivity contribution is 6.31. The zero-order valence-corrected chi connectivity index (χ0v) is 11.7. The standard InChI is InChI=1S/C14H8Cl2N4/c15-13-18-12(19-14(16)20-13)11-3-1-9(2-4-11)10-5-7-17-8-6-10/h1-8H. The van der Waals surface area contributed by atoms with Crippen molar-refractivity contribution in [1.82, 2.24) is 19.9 Å². The zero-order valence-electron chi connectivity index (χ0n) is 10.2. The van der Waals surface area contributed by atoms with E-state index in [2.05, 4.69) is 19.9 Å². The van der Waals surface area contributed by atoms with Crippen LogP contribution >= 0.6 is 23.2 Å². The Balaban J connectivity index is 1.97. The molecular weight excluding hydrogens is 295 g/mol. The number of halogens is 2. The van der Waals surface area contributed by atoms with Gasteiger partial charge in [-0.2, -0.15) is 15.0 Å². The van der Waals surface area contributed by atoms with E-state index in [1.807, 2.05) is 36.4 Å². The molecule has 20 heavy (non-hydrogen) atoms. The first kappa shape index (κ1) is 13.0. The number of benzene rings is 1. The summed E-state index contributed by atoms with van der Waals surface area (Å²) in [7, 11) is 0. The van der Waals surface area contributed by atoms with Crippen molar-refractivity contribution in [2.24, 2.45) is 0 Å². The number of aromatic nitrogens is 4. The van der Waals surface area contributed by atoms with E-state index in [0.29, 0.717) is 5.82 Å². The predicted octanol–water partition coefficient (Wildman–Crippen LogP) is 3.91. The smallest absolute Gasteiger partial charge is 0.227 e.